The second-order valence-corrected chi connectivity index (χ2v) is 14.4. The molecule has 2 heterocycles. The van der Waals surface area contributed by atoms with Crippen LogP contribution in [0.2, 0.25) is 0 Å². The molecule has 0 radical (unpaired) electrons. The summed E-state index contributed by atoms with van der Waals surface area (Å²) in [6.07, 6.45) is 2.97. The average Bonchev–Trinajstić information content (AvgIpc) is 2.96. The highest BCUT2D eigenvalue weighted by Crippen LogP contribution is 2.47. The van der Waals surface area contributed by atoms with Gasteiger partial charge < -0.3 is 9.47 Å². The molecule has 230 valence electrons. The summed E-state index contributed by atoms with van der Waals surface area (Å²) in [5.41, 5.74) is 5.86. The fourth-order valence-corrected chi connectivity index (χ4v) is 7.83. The highest BCUT2D eigenvalue weighted by atomic mass is 32.2. The topological polar surface area (TPSA) is 90.4 Å². The fraction of sp³-hybridized carbons (Fsp3) is 0.389. The molecule has 4 aromatic rings. The van der Waals surface area contributed by atoms with Gasteiger partial charge in [-0.3, -0.25) is 0 Å². The summed E-state index contributed by atoms with van der Waals surface area (Å²) in [7, 11) is -3.95. The van der Waals surface area contributed by atoms with Gasteiger partial charge in [0.15, 0.2) is 0 Å². The quantitative estimate of drug-likeness (QED) is 0.230. The Hall–Kier alpha value is -3.75. The van der Waals surface area contributed by atoms with Gasteiger partial charge >= 0.3 is 0 Å². The second-order valence-electron chi connectivity index (χ2n) is 12.7. The summed E-state index contributed by atoms with van der Waals surface area (Å²) in [5, 5.41) is 0. The number of ether oxygens (including phenoxy) is 2. The van der Waals surface area contributed by atoms with Gasteiger partial charge in [0.2, 0.25) is 11.8 Å². The van der Waals surface area contributed by atoms with Crippen LogP contribution in [0.4, 0.5) is 5.95 Å². The van der Waals surface area contributed by atoms with Crippen LogP contribution in [0.15, 0.2) is 83.8 Å². The molecule has 0 amide bonds. The van der Waals surface area contributed by atoms with E-state index in [2.05, 4.69) is 46.7 Å². The number of benzene rings is 3. The van der Waals surface area contributed by atoms with Crippen LogP contribution in [-0.2, 0) is 21.4 Å². The van der Waals surface area contributed by atoms with Crippen molar-refractivity contribution in [2.45, 2.75) is 70.5 Å². The molecule has 1 saturated carbocycles. The van der Waals surface area contributed by atoms with Crippen molar-refractivity contribution in [2.75, 3.05) is 11.3 Å². The standard InChI is InChI=1S/C36H41N3O4S/c1-23(2)16-29-22-43-33-20-32(34-24(3)10-8-11-25(34)4)37-36(38-33)39-44(40,41)31-15-9-14-27(19-31)35(29)28-17-30(18-28)42-21-26-12-6-5-7-13-26/h5-15,19-20,23,28-30,35H,16-18,21-22H2,1-4H3,(H,37,38,39)/t28-,29-,30+,35?/m1/s1. The fourth-order valence-electron chi connectivity index (χ4n) is 6.83. The van der Waals surface area contributed by atoms with Crippen LogP contribution in [0.1, 0.15) is 61.3 Å². The minimum atomic E-state index is -3.95. The lowest BCUT2D eigenvalue weighted by atomic mass is 9.65. The molecule has 1 aliphatic heterocycles. The van der Waals surface area contributed by atoms with Crippen molar-refractivity contribution in [3.05, 3.63) is 101 Å². The van der Waals surface area contributed by atoms with E-state index in [4.69, 9.17) is 9.47 Å². The maximum absolute atomic E-state index is 13.7. The lowest BCUT2D eigenvalue weighted by Gasteiger charge is -2.44. The zero-order chi connectivity index (χ0) is 30.8. The van der Waals surface area contributed by atoms with Crippen molar-refractivity contribution < 1.29 is 17.9 Å². The predicted molar refractivity (Wildman–Crippen MR) is 173 cm³/mol. The van der Waals surface area contributed by atoms with Gasteiger partial charge in [0, 0.05) is 17.5 Å². The van der Waals surface area contributed by atoms with Crippen LogP contribution in [0, 0.1) is 31.6 Å². The van der Waals surface area contributed by atoms with Crippen LogP contribution >= 0.6 is 0 Å². The second kappa shape index (κ2) is 12.7. The molecule has 44 heavy (non-hydrogen) atoms. The van der Waals surface area contributed by atoms with Crippen molar-refractivity contribution in [1.82, 2.24) is 9.97 Å². The summed E-state index contributed by atoms with van der Waals surface area (Å²) >= 11 is 0. The van der Waals surface area contributed by atoms with E-state index in [1.165, 1.54) is 5.56 Å². The number of nitrogens with one attached hydrogen (secondary N) is 1. The Bertz CT molecular complexity index is 1700. The number of rotatable bonds is 7. The first-order chi connectivity index (χ1) is 21.2. The Kier molecular flexibility index (Phi) is 8.74. The van der Waals surface area contributed by atoms with Crippen molar-refractivity contribution in [1.29, 1.82) is 0 Å². The lowest BCUT2D eigenvalue weighted by Crippen LogP contribution is -2.39. The zero-order valence-corrected chi connectivity index (χ0v) is 26.7. The number of anilines is 1. The number of nitrogens with zero attached hydrogens (tertiary/aromatic N) is 2. The minimum absolute atomic E-state index is 0.000453. The first-order valence-corrected chi connectivity index (χ1v) is 17.0. The molecule has 2 atom stereocenters. The molecule has 0 saturated heterocycles. The molecular weight excluding hydrogens is 570 g/mol. The molecular formula is C36H41N3O4S. The molecule has 3 aromatic carbocycles. The molecule has 6 rings (SSSR count). The van der Waals surface area contributed by atoms with Crippen molar-refractivity contribution in [3.63, 3.8) is 0 Å². The van der Waals surface area contributed by atoms with Gasteiger partial charge in [-0.2, -0.15) is 4.98 Å². The van der Waals surface area contributed by atoms with Gasteiger partial charge in [0.05, 0.1) is 29.9 Å². The Labute approximate surface area is 261 Å². The maximum atomic E-state index is 13.7. The van der Waals surface area contributed by atoms with Crippen LogP contribution < -0.4 is 9.46 Å². The van der Waals surface area contributed by atoms with E-state index in [-0.39, 0.29) is 28.8 Å². The van der Waals surface area contributed by atoms with E-state index in [1.54, 1.807) is 6.07 Å². The van der Waals surface area contributed by atoms with Crippen LogP contribution in [-0.4, -0.2) is 31.1 Å². The molecule has 1 N–H and O–H groups in total. The molecule has 1 unspecified atom stereocenters. The molecule has 4 bridgehead atoms. The van der Waals surface area contributed by atoms with Gasteiger partial charge in [-0.05, 0) is 85.3 Å². The van der Waals surface area contributed by atoms with Crippen LogP contribution in [0.5, 0.6) is 5.88 Å². The minimum Gasteiger partial charge on any atom is -0.477 e. The predicted octanol–water partition coefficient (Wildman–Crippen LogP) is 7.69. The zero-order valence-electron chi connectivity index (χ0n) is 25.9. The summed E-state index contributed by atoms with van der Waals surface area (Å²) in [4.78, 5) is 9.38. The van der Waals surface area contributed by atoms with Gasteiger partial charge in [-0.15, -0.1) is 0 Å². The third-order valence-electron chi connectivity index (χ3n) is 8.91. The van der Waals surface area contributed by atoms with Gasteiger partial charge in [0.25, 0.3) is 10.0 Å². The van der Waals surface area contributed by atoms with Gasteiger partial charge in [-0.1, -0.05) is 74.5 Å². The van der Waals surface area contributed by atoms with Crippen LogP contribution in [0.3, 0.4) is 0 Å². The molecule has 1 fully saturated rings. The summed E-state index contributed by atoms with van der Waals surface area (Å²) in [5.74, 6) is 1.42. The number of sulfonamides is 1. The Morgan fingerprint density at radius 3 is 2.39 bits per heavy atom. The monoisotopic (exact) mass is 611 g/mol. The van der Waals surface area contributed by atoms with E-state index in [0.29, 0.717) is 36.6 Å². The number of aromatic nitrogens is 2. The first kappa shape index (κ1) is 30.3. The third-order valence-corrected chi connectivity index (χ3v) is 10.2. The largest absolute Gasteiger partial charge is 0.477 e. The normalized spacial score (nSPS) is 22.6. The number of aryl methyl sites for hydroxylation is 2. The maximum Gasteiger partial charge on any atom is 0.264 e. The summed E-state index contributed by atoms with van der Waals surface area (Å²) in [6.45, 7) is 9.57. The van der Waals surface area contributed by atoms with E-state index in [0.717, 1.165) is 41.5 Å². The highest BCUT2D eigenvalue weighted by Gasteiger charge is 2.41. The number of fused-ring (bicyclic) bond motifs is 4. The SMILES string of the molecule is Cc1cccc(C)c1-c1cc2nc(n1)NS(=O)(=O)c1cccc(c1)C([C@H]1C[C@@H](OCc3ccccc3)C1)[C@H](CC(C)C)CO2. The van der Waals surface area contributed by atoms with E-state index in [1.807, 2.05) is 68.4 Å². The van der Waals surface area contributed by atoms with E-state index >= 15 is 0 Å². The first-order valence-electron chi connectivity index (χ1n) is 15.5. The van der Waals surface area contributed by atoms with Crippen molar-refractivity contribution >= 4 is 16.0 Å². The van der Waals surface area contributed by atoms with Crippen LogP contribution in [0.25, 0.3) is 11.3 Å². The molecule has 8 heteroatoms. The lowest BCUT2D eigenvalue weighted by molar-refractivity contribution is -0.0553. The third kappa shape index (κ3) is 6.66. The van der Waals surface area contributed by atoms with E-state index in [9.17, 15) is 8.42 Å². The Morgan fingerprint density at radius 2 is 1.66 bits per heavy atom. The summed E-state index contributed by atoms with van der Waals surface area (Å²) < 4.78 is 42.8. The smallest absolute Gasteiger partial charge is 0.264 e. The summed E-state index contributed by atoms with van der Waals surface area (Å²) in [6, 6.07) is 25.5. The average molecular weight is 612 g/mol. The molecule has 0 spiro atoms. The van der Waals surface area contributed by atoms with Gasteiger partial charge in [0.1, 0.15) is 0 Å². The van der Waals surface area contributed by atoms with Crippen molar-refractivity contribution in [3.8, 4) is 17.1 Å². The molecule has 2 aliphatic rings. The number of hydrogen-bond acceptors (Lipinski definition) is 6. The van der Waals surface area contributed by atoms with E-state index < -0.39 is 10.0 Å². The Morgan fingerprint density at radius 1 is 0.932 bits per heavy atom. The Balaban J connectivity index is 1.35. The van der Waals surface area contributed by atoms with Gasteiger partial charge in [-0.25, -0.2) is 18.1 Å². The highest BCUT2D eigenvalue weighted by molar-refractivity contribution is 7.92. The molecule has 7 nitrogen and oxygen atoms in total. The van der Waals surface area contributed by atoms with Crippen molar-refractivity contribution in [2.24, 2.45) is 17.8 Å². The molecule has 1 aromatic heterocycles. The number of hydrogen-bond donors (Lipinski definition) is 1. The molecule has 1 aliphatic carbocycles.